The summed E-state index contributed by atoms with van der Waals surface area (Å²) < 4.78 is 13.7. The second-order valence-electron chi connectivity index (χ2n) is 3.88. The Morgan fingerprint density at radius 3 is 2.65 bits per heavy atom. The maximum absolute atomic E-state index is 13.3. The topological polar surface area (TPSA) is 68.0 Å². The number of amides is 1. The summed E-state index contributed by atoms with van der Waals surface area (Å²) in [6.45, 7) is 0. The largest absolute Gasteiger partial charge is 0.389 e. The van der Waals surface area contributed by atoms with Crippen LogP contribution >= 0.6 is 28.1 Å². The van der Waals surface area contributed by atoms with Gasteiger partial charge in [0, 0.05) is 17.4 Å². The van der Waals surface area contributed by atoms with E-state index in [2.05, 4.69) is 26.2 Å². The Morgan fingerprint density at radius 1 is 1.35 bits per heavy atom. The zero-order chi connectivity index (χ0) is 14.7. The summed E-state index contributed by atoms with van der Waals surface area (Å²) in [6.07, 6.45) is 1.42. The van der Waals surface area contributed by atoms with Gasteiger partial charge in [-0.1, -0.05) is 12.2 Å². The number of halogens is 2. The number of carbonyl (C=O) groups is 1. The van der Waals surface area contributed by atoms with Crippen LogP contribution in [0.25, 0.3) is 0 Å². The Bertz CT molecular complexity index is 676. The quantitative estimate of drug-likeness (QED) is 0.832. The van der Waals surface area contributed by atoms with Crippen molar-refractivity contribution in [2.75, 3.05) is 5.32 Å². The Labute approximate surface area is 128 Å². The number of hydrogen-bond donors (Lipinski definition) is 2. The molecule has 4 nitrogen and oxygen atoms in total. The van der Waals surface area contributed by atoms with Crippen molar-refractivity contribution in [2.24, 2.45) is 5.73 Å². The van der Waals surface area contributed by atoms with Crippen molar-refractivity contribution in [3.8, 4) is 0 Å². The molecule has 2 aromatic rings. The molecule has 1 heterocycles. The number of nitrogens with two attached hydrogens (primary N) is 1. The first kappa shape index (κ1) is 14.5. The Kier molecular flexibility index (Phi) is 4.41. The van der Waals surface area contributed by atoms with Gasteiger partial charge in [0.2, 0.25) is 0 Å². The third-order valence-corrected chi connectivity index (χ3v) is 3.34. The summed E-state index contributed by atoms with van der Waals surface area (Å²) in [5.41, 5.74) is 6.55. The van der Waals surface area contributed by atoms with E-state index in [0.29, 0.717) is 15.7 Å². The molecule has 102 valence electrons. The number of thiocarbonyl (C=S) groups is 1. The lowest BCUT2D eigenvalue weighted by Crippen LogP contribution is -2.15. The SMILES string of the molecule is NC(=S)c1ccc(C(=O)Nc2ccc(Br)c(F)c2)nc1. The average Bonchev–Trinajstić information content (AvgIpc) is 2.43. The Morgan fingerprint density at radius 2 is 2.10 bits per heavy atom. The minimum atomic E-state index is -0.459. The highest BCUT2D eigenvalue weighted by Crippen LogP contribution is 2.19. The first-order chi connectivity index (χ1) is 9.47. The number of carbonyl (C=O) groups excluding carboxylic acids is 1. The zero-order valence-electron chi connectivity index (χ0n) is 10.1. The van der Waals surface area contributed by atoms with Crippen molar-refractivity contribution in [3.05, 3.63) is 58.1 Å². The molecule has 1 aromatic heterocycles. The van der Waals surface area contributed by atoms with Gasteiger partial charge in [-0.3, -0.25) is 9.78 Å². The van der Waals surface area contributed by atoms with Crippen molar-refractivity contribution in [3.63, 3.8) is 0 Å². The predicted octanol–water partition coefficient (Wildman–Crippen LogP) is 2.87. The van der Waals surface area contributed by atoms with Crippen molar-refractivity contribution in [1.82, 2.24) is 4.98 Å². The lowest BCUT2D eigenvalue weighted by Gasteiger charge is -2.06. The molecule has 0 fully saturated rings. The molecule has 20 heavy (non-hydrogen) atoms. The van der Waals surface area contributed by atoms with Gasteiger partial charge in [0.1, 0.15) is 16.5 Å². The molecule has 0 bridgehead atoms. The molecule has 0 aliphatic heterocycles. The number of aromatic nitrogens is 1. The molecule has 3 N–H and O–H groups in total. The van der Waals surface area contributed by atoms with Crippen LogP contribution in [0.15, 0.2) is 41.0 Å². The number of pyridine rings is 1. The Hall–Kier alpha value is -1.86. The van der Waals surface area contributed by atoms with Gasteiger partial charge in [-0.2, -0.15) is 0 Å². The number of anilines is 1. The molecule has 0 aliphatic carbocycles. The molecule has 0 radical (unpaired) electrons. The van der Waals surface area contributed by atoms with Crippen molar-refractivity contribution >= 4 is 44.7 Å². The minimum Gasteiger partial charge on any atom is -0.389 e. The molecule has 2 rings (SSSR count). The fourth-order valence-corrected chi connectivity index (χ4v) is 1.81. The molecule has 1 aromatic carbocycles. The summed E-state index contributed by atoms with van der Waals surface area (Å²) in [6, 6.07) is 7.40. The van der Waals surface area contributed by atoms with Crippen molar-refractivity contribution in [2.45, 2.75) is 0 Å². The molecule has 0 unspecified atom stereocenters. The zero-order valence-corrected chi connectivity index (χ0v) is 12.5. The van der Waals surface area contributed by atoms with E-state index >= 15 is 0 Å². The third kappa shape index (κ3) is 3.37. The lowest BCUT2D eigenvalue weighted by atomic mass is 10.2. The van der Waals surface area contributed by atoms with E-state index in [9.17, 15) is 9.18 Å². The molecular weight excluding hydrogens is 345 g/mol. The number of nitrogens with one attached hydrogen (secondary N) is 1. The van der Waals surface area contributed by atoms with E-state index in [1.807, 2.05) is 0 Å². The summed E-state index contributed by atoms with van der Waals surface area (Å²) in [5, 5.41) is 2.55. The van der Waals surface area contributed by atoms with Gasteiger partial charge in [-0.05, 0) is 46.3 Å². The fourth-order valence-electron chi connectivity index (χ4n) is 1.44. The van der Waals surface area contributed by atoms with E-state index in [0.717, 1.165) is 0 Å². The summed E-state index contributed by atoms with van der Waals surface area (Å²) in [4.78, 5) is 16.1. The summed E-state index contributed by atoms with van der Waals surface area (Å²) >= 11 is 7.83. The molecule has 0 aliphatic rings. The van der Waals surface area contributed by atoms with E-state index in [1.54, 1.807) is 12.1 Å². The molecule has 0 saturated carbocycles. The fraction of sp³-hybridized carbons (Fsp3) is 0. The normalized spacial score (nSPS) is 10.1. The Balaban J connectivity index is 2.15. The molecule has 1 amide bonds. The second kappa shape index (κ2) is 6.06. The summed E-state index contributed by atoms with van der Waals surface area (Å²) in [5.74, 6) is -0.902. The molecule has 7 heteroatoms. The third-order valence-electron chi connectivity index (χ3n) is 2.46. The van der Waals surface area contributed by atoms with Gasteiger partial charge in [0.25, 0.3) is 5.91 Å². The van der Waals surface area contributed by atoms with Crippen LogP contribution in [0.3, 0.4) is 0 Å². The first-order valence-electron chi connectivity index (χ1n) is 5.49. The van der Waals surface area contributed by atoms with Gasteiger partial charge < -0.3 is 11.1 Å². The number of rotatable bonds is 3. The monoisotopic (exact) mass is 353 g/mol. The number of nitrogens with zero attached hydrogens (tertiary/aromatic N) is 1. The lowest BCUT2D eigenvalue weighted by molar-refractivity contribution is 0.102. The van der Waals surface area contributed by atoms with Crippen LogP contribution in [-0.4, -0.2) is 15.9 Å². The van der Waals surface area contributed by atoms with Crippen molar-refractivity contribution < 1.29 is 9.18 Å². The van der Waals surface area contributed by atoms with Gasteiger partial charge in [0.15, 0.2) is 0 Å². The predicted molar refractivity (Wildman–Crippen MR) is 82.2 cm³/mol. The highest BCUT2D eigenvalue weighted by molar-refractivity contribution is 9.10. The first-order valence-corrected chi connectivity index (χ1v) is 6.70. The van der Waals surface area contributed by atoms with Crippen LogP contribution in [0, 0.1) is 5.82 Å². The smallest absolute Gasteiger partial charge is 0.274 e. The molecular formula is C13H9BrFN3OS. The van der Waals surface area contributed by atoms with E-state index in [-0.39, 0.29) is 10.7 Å². The average molecular weight is 354 g/mol. The van der Waals surface area contributed by atoms with Crippen LogP contribution in [0.2, 0.25) is 0 Å². The van der Waals surface area contributed by atoms with Crippen LogP contribution in [0.4, 0.5) is 10.1 Å². The number of benzene rings is 1. The highest BCUT2D eigenvalue weighted by atomic mass is 79.9. The molecule has 0 spiro atoms. The van der Waals surface area contributed by atoms with Gasteiger partial charge in [-0.15, -0.1) is 0 Å². The van der Waals surface area contributed by atoms with Crippen LogP contribution in [0.1, 0.15) is 16.1 Å². The molecule has 0 saturated heterocycles. The maximum atomic E-state index is 13.3. The standard InChI is InChI=1S/C13H9BrFN3OS/c14-9-3-2-8(5-10(9)15)18-13(19)11-4-1-7(6-17-11)12(16)20/h1-6H,(H2,16,20)(H,18,19). The van der Waals surface area contributed by atoms with E-state index in [1.165, 1.54) is 24.4 Å². The van der Waals surface area contributed by atoms with Gasteiger partial charge in [0.05, 0.1) is 4.47 Å². The molecule has 0 atom stereocenters. The minimum absolute atomic E-state index is 0.188. The van der Waals surface area contributed by atoms with Crippen LogP contribution < -0.4 is 11.1 Å². The van der Waals surface area contributed by atoms with Crippen LogP contribution in [-0.2, 0) is 0 Å². The van der Waals surface area contributed by atoms with E-state index < -0.39 is 11.7 Å². The number of hydrogen-bond acceptors (Lipinski definition) is 3. The van der Waals surface area contributed by atoms with Gasteiger partial charge >= 0.3 is 0 Å². The van der Waals surface area contributed by atoms with Gasteiger partial charge in [-0.25, -0.2) is 4.39 Å². The van der Waals surface area contributed by atoms with Crippen LogP contribution in [0.5, 0.6) is 0 Å². The summed E-state index contributed by atoms with van der Waals surface area (Å²) in [7, 11) is 0. The van der Waals surface area contributed by atoms with E-state index in [4.69, 9.17) is 18.0 Å². The van der Waals surface area contributed by atoms with Crippen molar-refractivity contribution in [1.29, 1.82) is 0 Å². The highest BCUT2D eigenvalue weighted by Gasteiger charge is 2.09. The maximum Gasteiger partial charge on any atom is 0.274 e. The second-order valence-corrected chi connectivity index (χ2v) is 5.17.